The van der Waals surface area contributed by atoms with Gasteiger partial charge in [-0.15, -0.1) is 0 Å². The molecule has 8 heteroatoms. The Morgan fingerprint density at radius 3 is 2.42 bits per heavy atom. The first-order valence-electron chi connectivity index (χ1n) is 7.55. The number of methoxy groups -OCH3 is 1. The number of ether oxygens (including phenoxy) is 1. The van der Waals surface area contributed by atoms with E-state index in [-0.39, 0.29) is 5.91 Å². The quantitative estimate of drug-likeness (QED) is 0.608. The number of carbonyl (C=O) groups excluding carboxylic acids is 2. The Bertz CT molecular complexity index is 944. The van der Waals surface area contributed by atoms with Crippen LogP contribution in [-0.2, 0) is 4.74 Å². The van der Waals surface area contributed by atoms with E-state index in [1.807, 2.05) is 36.4 Å². The fraction of sp³-hybridized carbons (Fsp3) is 0.0556. The fourth-order valence-electron chi connectivity index (χ4n) is 2.20. The molecule has 3 aromatic rings. The normalized spacial score (nSPS) is 10.2. The molecule has 0 saturated carbocycles. The lowest BCUT2D eigenvalue weighted by molar-refractivity contribution is 0.102. The second-order valence-corrected chi connectivity index (χ2v) is 6.97. The largest absolute Gasteiger partial charge is 0.453 e. The lowest BCUT2D eigenvalue weighted by Crippen LogP contribution is -2.12. The maximum atomic E-state index is 12.6. The summed E-state index contributed by atoms with van der Waals surface area (Å²) >= 11 is 4.53. The summed E-state index contributed by atoms with van der Waals surface area (Å²) in [6.45, 7) is 0. The molecule has 0 unspecified atom stereocenters. The minimum absolute atomic E-state index is 0.275. The number of benzene rings is 2. The number of carbonyl (C=O) groups is 2. The topological polar surface area (TPSA) is 80.3 Å². The Morgan fingerprint density at radius 2 is 1.73 bits per heavy atom. The van der Waals surface area contributed by atoms with Gasteiger partial charge in [-0.3, -0.25) is 10.1 Å². The van der Waals surface area contributed by atoms with E-state index in [4.69, 9.17) is 0 Å². The maximum absolute atomic E-state index is 12.6. The van der Waals surface area contributed by atoms with Gasteiger partial charge in [-0.05, 0) is 28.1 Å². The van der Waals surface area contributed by atoms with Gasteiger partial charge in [0.15, 0.2) is 5.13 Å². The summed E-state index contributed by atoms with van der Waals surface area (Å²) in [7, 11) is 1.27. The van der Waals surface area contributed by atoms with E-state index >= 15 is 0 Å². The van der Waals surface area contributed by atoms with Crippen LogP contribution in [0.15, 0.2) is 59.1 Å². The first-order valence-corrected chi connectivity index (χ1v) is 9.16. The Morgan fingerprint density at radius 1 is 1.04 bits per heavy atom. The third kappa shape index (κ3) is 4.09. The van der Waals surface area contributed by atoms with Gasteiger partial charge < -0.3 is 10.1 Å². The average molecular weight is 432 g/mol. The predicted molar refractivity (Wildman–Crippen MR) is 106 cm³/mol. The van der Waals surface area contributed by atoms with Gasteiger partial charge in [-0.25, -0.2) is 9.78 Å². The number of anilines is 2. The Balaban J connectivity index is 1.95. The molecule has 2 N–H and O–H groups in total. The molecule has 0 atom stereocenters. The third-order valence-corrected chi connectivity index (χ3v) is 4.99. The number of nitrogens with one attached hydrogen (secondary N) is 2. The van der Waals surface area contributed by atoms with Crippen molar-refractivity contribution >= 4 is 49.4 Å². The van der Waals surface area contributed by atoms with Gasteiger partial charge in [-0.1, -0.05) is 53.8 Å². The summed E-state index contributed by atoms with van der Waals surface area (Å²) in [4.78, 5) is 28.5. The summed E-state index contributed by atoms with van der Waals surface area (Å²) in [6, 6.07) is 16.5. The number of nitrogens with zero attached hydrogens (tertiary/aromatic N) is 1. The molecule has 0 aliphatic rings. The van der Waals surface area contributed by atoms with Crippen molar-refractivity contribution in [2.75, 3.05) is 17.7 Å². The van der Waals surface area contributed by atoms with Crippen LogP contribution in [0.25, 0.3) is 11.3 Å². The zero-order chi connectivity index (χ0) is 18.5. The number of thiazole rings is 1. The van der Waals surface area contributed by atoms with Crippen molar-refractivity contribution in [3.8, 4) is 11.3 Å². The van der Waals surface area contributed by atoms with Gasteiger partial charge >= 0.3 is 6.09 Å². The van der Waals surface area contributed by atoms with Crippen molar-refractivity contribution in [3.05, 3.63) is 64.6 Å². The van der Waals surface area contributed by atoms with Crippen molar-refractivity contribution in [1.29, 1.82) is 0 Å². The van der Waals surface area contributed by atoms with Crippen molar-refractivity contribution in [1.82, 2.24) is 4.98 Å². The number of aromatic nitrogens is 1. The van der Waals surface area contributed by atoms with Crippen LogP contribution in [0.3, 0.4) is 0 Å². The van der Waals surface area contributed by atoms with Gasteiger partial charge in [0.1, 0.15) is 10.7 Å². The van der Waals surface area contributed by atoms with Crippen LogP contribution < -0.4 is 10.6 Å². The fourth-order valence-corrected chi connectivity index (χ4v) is 3.54. The predicted octanol–water partition coefficient (Wildman–Crippen LogP) is 5.00. The molecule has 0 radical (unpaired) electrons. The maximum Gasteiger partial charge on any atom is 0.413 e. The average Bonchev–Trinajstić information content (AvgIpc) is 3.04. The van der Waals surface area contributed by atoms with E-state index in [0.29, 0.717) is 25.9 Å². The van der Waals surface area contributed by atoms with Crippen LogP contribution in [0.4, 0.5) is 14.9 Å². The molecule has 2 aromatic carbocycles. The van der Waals surface area contributed by atoms with Crippen LogP contribution in [0.2, 0.25) is 0 Å². The van der Waals surface area contributed by atoms with Crippen molar-refractivity contribution in [2.24, 2.45) is 0 Å². The van der Waals surface area contributed by atoms with E-state index in [1.54, 1.807) is 18.2 Å². The molecule has 0 saturated heterocycles. The van der Waals surface area contributed by atoms with Gasteiger partial charge in [0.05, 0.1) is 12.7 Å². The van der Waals surface area contributed by atoms with Gasteiger partial charge in [0, 0.05) is 10.0 Å². The number of hydrogen-bond acceptors (Lipinski definition) is 5. The van der Waals surface area contributed by atoms with Crippen LogP contribution in [-0.4, -0.2) is 24.1 Å². The second-order valence-electron chi connectivity index (χ2n) is 5.11. The standard InChI is InChI=1S/C18H14BrN3O3S/c1-25-18(24)22-17-20-14(11-7-3-2-4-8-11)16(26-17)21-15(23)12-9-5-6-10-13(12)19/h2-10H,1H3,(H,21,23)(H,20,22,24). The molecule has 0 aliphatic heterocycles. The minimum atomic E-state index is -0.623. The Labute approximate surface area is 162 Å². The molecular weight excluding hydrogens is 418 g/mol. The Kier molecular flexibility index (Phi) is 5.65. The number of rotatable bonds is 4. The van der Waals surface area contributed by atoms with Crippen molar-refractivity contribution in [2.45, 2.75) is 0 Å². The van der Waals surface area contributed by atoms with E-state index in [2.05, 4.69) is 36.3 Å². The van der Waals surface area contributed by atoms with Gasteiger partial charge in [0.2, 0.25) is 0 Å². The highest BCUT2D eigenvalue weighted by Gasteiger charge is 2.18. The van der Waals surface area contributed by atoms with E-state index < -0.39 is 6.09 Å². The third-order valence-electron chi connectivity index (χ3n) is 3.41. The highest BCUT2D eigenvalue weighted by Crippen LogP contribution is 2.36. The number of amides is 2. The second kappa shape index (κ2) is 8.11. The molecule has 26 heavy (non-hydrogen) atoms. The molecule has 0 aliphatic carbocycles. The number of halogens is 1. The molecule has 3 rings (SSSR count). The zero-order valence-electron chi connectivity index (χ0n) is 13.7. The van der Waals surface area contributed by atoms with Crippen molar-refractivity contribution < 1.29 is 14.3 Å². The lowest BCUT2D eigenvalue weighted by atomic mass is 10.1. The van der Waals surface area contributed by atoms with E-state index in [9.17, 15) is 9.59 Å². The summed E-state index contributed by atoms with van der Waals surface area (Å²) in [5, 5.41) is 6.27. The SMILES string of the molecule is COC(=O)Nc1nc(-c2ccccc2)c(NC(=O)c2ccccc2Br)s1. The summed E-state index contributed by atoms with van der Waals surface area (Å²) in [6.07, 6.45) is -0.623. The Hall–Kier alpha value is -2.71. The summed E-state index contributed by atoms with van der Waals surface area (Å²) in [5.41, 5.74) is 1.90. The van der Waals surface area contributed by atoms with Gasteiger partial charge in [0.25, 0.3) is 5.91 Å². The minimum Gasteiger partial charge on any atom is -0.453 e. The molecule has 132 valence electrons. The van der Waals surface area contributed by atoms with E-state index in [0.717, 1.165) is 16.9 Å². The van der Waals surface area contributed by atoms with Crippen LogP contribution >= 0.6 is 27.3 Å². The smallest absolute Gasteiger partial charge is 0.413 e. The highest BCUT2D eigenvalue weighted by molar-refractivity contribution is 9.10. The number of hydrogen-bond donors (Lipinski definition) is 2. The van der Waals surface area contributed by atoms with E-state index in [1.165, 1.54) is 7.11 Å². The summed E-state index contributed by atoms with van der Waals surface area (Å²) < 4.78 is 5.29. The molecule has 1 heterocycles. The molecule has 0 spiro atoms. The molecular formula is C18H14BrN3O3S. The summed E-state index contributed by atoms with van der Waals surface area (Å²) in [5.74, 6) is -0.275. The molecule has 0 bridgehead atoms. The highest BCUT2D eigenvalue weighted by atomic mass is 79.9. The molecule has 1 aromatic heterocycles. The molecule has 6 nitrogen and oxygen atoms in total. The van der Waals surface area contributed by atoms with Crippen LogP contribution in [0.1, 0.15) is 10.4 Å². The van der Waals surface area contributed by atoms with Gasteiger partial charge in [-0.2, -0.15) is 0 Å². The van der Waals surface area contributed by atoms with Crippen LogP contribution in [0, 0.1) is 0 Å². The molecule has 2 amide bonds. The lowest BCUT2D eigenvalue weighted by Gasteiger charge is -2.06. The van der Waals surface area contributed by atoms with Crippen molar-refractivity contribution in [3.63, 3.8) is 0 Å². The van der Waals surface area contributed by atoms with Crippen LogP contribution in [0.5, 0.6) is 0 Å². The first kappa shape index (κ1) is 18.1. The monoisotopic (exact) mass is 431 g/mol. The zero-order valence-corrected chi connectivity index (χ0v) is 16.1. The first-order chi connectivity index (χ1) is 12.6. The molecule has 0 fully saturated rings.